The van der Waals surface area contributed by atoms with Crippen molar-refractivity contribution in [3.63, 3.8) is 0 Å². The van der Waals surface area contributed by atoms with Crippen LogP contribution in [0.2, 0.25) is 5.02 Å². The van der Waals surface area contributed by atoms with Crippen LogP contribution in [-0.4, -0.2) is 7.11 Å². The van der Waals surface area contributed by atoms with Crippen molar-refractivity contribution in [3.8, 4) is 5.75 Å². The van der Waals surface area contributed by atoms with Crippen molar-refractivity contribution in [3.05, 3.63) is 64.7 Å². The highest BCUT2D eigenvalue weighted by Crippen LogP contribution is 2.25. The number of nitrogens with two attached hydrogens (primary N) is 1. The number of rotatable bonds is 4. The van der Waals surface area contributed by atoms with Crippen molar-refractivity contribution in [1.29, 1.82) is 0 Å². The van der Waals surface area contributed by atoms with E-state index in [9.17, 15) is 0 Å². The van der Waals surface area contributed by atoms with Gasteiger partial charge in [0.1, 0.15) is 5.75 Å². The molecule has 0 bridgehead atoms. The van der Waals surface area contributed by atoms with Gasteiger partial charge in [-0.1, -0.05) is 35.9 Å². The van der Waals surface area contributed by atoms with Gasteiger partial charge in [-0.25, -0.2) is 0 Å². The SMILES string of the molecule is COc1ccc(C(C)(N)Cc2ccc(Cl)cc2)cc1. The van der Waals surface area contributed by atoms with E-state index >= 15 is 0 Å². The molecule has 0 saturated carbocycles. The van der Waals surface area contributed by atoms with Crippen LogP contribution in [0, 0.1) is 0 Å². The van der Waals surface area contributed by atoms with E-state index in [-0.39, 0.29) is 0 Å². The summed E-state index contributed by atoms with van der Waals surface area (Å²) in [4.78, 5) is 0. The number of ether oxygens (including phenoxy) is 1. The largest absolute Gasteiger partial charge is 0.497 e. The summed E-state index contributed by atoms with van der Waals surface area (Å²) >= 11 is 5.89. The van der Waals surface area contributed by atoms with E-state index in [1.54, 1.807) is 7.11 Å². The van der Waals surface area contributed by atoms with Gasteiger partial charge in [-0.3, -0.25) is 0 Å². The van der Waals surface area contributed by atoms with E-state index in [4.69, 9.17) is 22.1 Å². The van der Waals surface area contributed by atoms with Crippen LogP contribution in [-0.2, 0) is 12.0 Å². The Bertz CT molecular complexity index is 532. The van der Waals surface area contributed by atoms with Crippen LogP contribution >= 0.6 is 11.6 Å². The molecule has 1 unspecified atom stereocenters. The fraction of sp³-hybridized carbons (Fsp3) is 0.250. The van der Waals surface area contributed by atoms with Crippen molar-refractivity contribution in [2.45, 2.75) is 18.9 Å². The fourth-order valence-electron chi connectivity index (χ4n) is 2.10. The summed E-state index contributed by atoms with van der Waals surface area (Å²) in [6, 6.07) is 15.7. The molecule has 0 aliphatic rings. The molecule has 0 saturated heterocycles. The molecule has 1 atom stereocenters. The molecule has 0 aliphatic heterocycles. The highest BCUT2D eigenvalue weighted by molar-refractivity contribution is 6.30. The molecule has 2 aromatic carbocycles. The first-order valence-corrected chi connectivity index (χ1v) is 6.57. The minimum atomic E-state index is -0.417. The number of hydrogen-bond donors (Lipinski definition) is 1. The van der Waals surface area contributed by atoms with E-state index in [1.807, 2.05) is 55.5 Å². The summed E-state index contributed by atoms with van der Waals surface area (Å²) < 4.78 is 5.16. The van der Waals surface area contributed by atoms with E-state index in [2.05, 4.69) is 0 Å². The van der Waals surface area contributed by atoms with Crippen molar-refractivity contribution in [2.75, 3.05) is 7.11 Å². The van der Waals surface area contributed by atoms with Gasteiger partial charge in [0, 0.05) is 10.6 Å². The second-order valence-corrected chi connectivity index (χ2v) is 5.39. The second kappa shape index (κ2) is 5.64. The van der Waals surface area contributed by atoms with Gasteiger partial charge in [0.05, 0.1) is 7.11 Å². The van der Waals surface area contributed by atoms with Gasteiger partial charge in [0.2, 0.25) is 0 Å². The summed E-state index contributed by atoms with van der Waals surface area (Å²) in [6.07, 6.45) is 0.760. The zero-order chi connectivity index (χ0) is 13.9. The van der Waals surface area contributed by atoms with Crippen LogP contribution in [0.25, 0.3) is 0 Å². The summed E-state index contributed by atoms with van der Waals surface area (Å²) in [6.45, 7) is 2.03. The number of hydrogen-bond acceptors (Lipinski definition) is 2. The highest BCUT2D eigenvalue weighted by Gasteiger charge is 2.21. The maximum Gasteiger partial charge on any atom is 0.118 e. The third-order valence-corrected chi connectivity index (χ3v) is 3.49. The summed E-state index contributed by atoms with van der Waals surface area (Å²) in [7, 11) is 1.66. The number of benzene rings is 2. The smallest absolute Gasteiger partial charge is 0.118 e. The topological polar surface area (TPSA) is 35.2 Å². The minimum absolute atomic E-state index is 0.417. The first-order valence-electron chi connectivity index (χ1n) is 6.19. The molecule has 0 spiro atoms. The molecular formula is C16H18ClNO. The van der Waals surface area contributed by atoms with Crippen molar-refractivity contribution in [1.82, 2.24) is 0 Å². The van der Waals surface area contributed by atoms with E-state index in [1.165, 1.54) is 5.56 Å². The van der Waals surface area contributed by atoms with E-state index < -0.39 is 5.54 Å². The lowest BCUT2D eigenvalue weighted by Crippen LogP contribution is -2.35. The number of halogens is 1. The Kier molecular flexibility index (Phi) is 4.13. The van der Waals surface area contributed by atoms with Gasteiger partial charge in [-0.15, -0.1) is 0 Å². The standard InChI is InChI=1S/C16H18ClNO/c1-16(18,11-12-3-7-14(17)8-4-12)13-5-9-15(19-2)10-6-13/h3-10H,11,18H2,1-2H3. The first-order chi connectivity index (χ1) is 9.01. The fourth-order valence-corrected chi connectivity index (χ4v) is 2.23. The van der Waals surface area contributed by atoms with Crippen molar-refractivity contribution in [2.24, 2.45) is 5.73 Å². The molecule has 0 aromatic heterocycles. The molecule has 3 heteroatoms. The molecule has 2 rings (SSSR count). The molecule has 0 aliphatic carbocycles. The Balaban J connectivity index is 2.18. The Morgan fingerprint density at radius 3 is 2.16 bits per heavy atom. The molecule has 0 radical (unpaired) electrons. The van der Waals surface area contributed by atoms with Gasteiger partial charge in [0.25, 0.3) is 0 Å². The lowest BCUT2D eigenvalue weighted by atomic mass is 9.86. The Morgan fingerprint density at radius 2 is 1.63 bits per heavy atom. The molecular weight excluding hydrogens is 258 g/mol. The van der Waals surface area contributed by atoms with Crippen LogP contribution in [0.1, 0.15) is 18.1 Å². The quantitative estimate of drug-likeness (QED) is 0.922. The number of methoxy groups -OCH3 is 1. The average molecular weight is 276 g/mol. The maximum absolute atomic E-state index is 6.43. The minimum Gasteiger partial charge on any atom is -0.497 e. The molecule has 2 N–H and O–H groups in total. The molecule has 0 heterocycles. The summed E-state index contributed by atoms with van der Waals surface area (Å²) in [5.41, 5.74) is 8.27. The summed E-state index contributed by atoms with van der Waals surface area (Å²) in [5.74, 6) is 0.839. The Morgan fingerprint density at radius 1 is 1.05 bits per heavy atom. The summed E-state index contributed by atoms with van der Waals surface area (Å²) in [5, 5.41) is 0.743. The predicted octanol–water partition coefficient (Wildman–Crippen LogP) is 3.77. The molecule has 0 amide bonds. The predicted molar refractivity (Wildman–Crippen MR) is 79.7 cm³/mol. The van der Waals surface area contributed by atoms with Gasteiger partial charge in [0.15, 0.2) is 0 Å². The lowest BCUT2D eigenvalue weighted by molar-refractivity contribution is 0.413. The van der Waals surface area contributed by atoms with Gasteiger partial charge >= 0.3 is 0 Å². The van der Waals surface area contributed by atoms with E-state index in [0.29, 0.717) is 0 Å². The second-order valence-electron chi connectivity index (χ2n) is 4.95. The highest BCUT2D eigenvalue weighted by atomic mass is 35.5. The van der Waals surface area contributed by atoms with Crippen LogP contribution in [0.3, 0.4) is 0 Å². The average Bonchev–Trinajstić information content (AvgIpc) is 2.41. The van der Waals surface area contributed by atoms with Gasteiger partial charge in [-0.05, 0) is 48.7 Å². The van der Waals surface area contributed by atoms with Crippen LogP contribution < -0.4 is 10.5 Å². The lowest BCUT2D eigenvalue weighted by Gasteiger charge is -2.25. The molecule has 2 aromatic rings. The Hall–Kier alpha value is -1.51. The zero-order valence-corrected chi connectivity index (χ0v) is 11.9. The molecule has 0 fully saturated rings. The van der Waals surface area contributed by atoms with Gasteiger partial charge < -0.3 is 10.5 Å². The third kappa shape index (κ3) is 3.49. The zero-order valence-electron chi connectivity index (χ0n) is 11.2. The van der Waals surface area contributed by atoms with Crippen LogP contribution in [0.5, 0.6) is 5.75 Å². The van der Waals surface area contributed by atoms with Gasteiger partial charge in [-0.2, -0.15) is 0 Å². The Labute approximate surface area is 119 Å². The van der Waals surface area contributed by atoms with Crippen LogP contribution in [0.15, 0.2) is 48.5 Å². The maximum atomic E-state index is 6.43. The van der Waals surface area contributed by atoms with Crippen molar-refractivity contribution < 1.29 is 4.74 Å². The van der Waals surface area contributed by atoms with E-state index in [0.717, 1.165) is 22.8 Å². The third-order valence-electron chi connectivity index (χ3n) is 3.23. The molecule has 2 nitrogen and oxygen atoms in total. The van der Waals surface area contributed by atoms with Crippen LogP contribution in [0.4, 0.5) is 0 Å². The van der Waals surface area contributed by atoms with Crippen molar-refractivity contribution >= 4 is 11.6 Å². The first kappa shape index (κ1) is 13.9. The monoisotopic (exact) mass is 275 g/mol. The molecule has 19 heavy (non-hydrogen) atoms. The normalized spacial score (nSPS) is 13.9. The molecule has 100 valence electrons.